The summed E-state index contributed by atoms with van der Waals surface area (Å²) in [5, 5.41) is 14.4. The van der Waals surface area contributed by atoms with E-state index in [9.17, 15) is 0 Å². The number of nitrogens with one attached hydrogen (secondary N) is 1. The predicted octanol–water partition coefficient (Wildman–Crippen LogP) is 0.257. The van der Waals surface area contributed by atoms with Crippen molar-refractivity contribution in [3.05, 3.63) is 11.8 Å². The summed E-state index contributed by atoms with van der Waals surface area (Å²) in [7, 11) is 0. The Kier molecular flexibility index (Phi) is 2.14. The van der Waals surface area contributed by atoms with Gasteiger partial charge in [-0.3, -0.25) is 5.10 Å². The Balaban J connectivity index is 2.75. The average Bonchev–Trinajstić information content (AvgIpc) is 2.37. The van der Waals surface area contributed by atoms with E-state index < -0.39 is 0 Å². The Hall–Kier alpha value is -1.94. The quantitative estimate of drug-likeness (QED) is 0.515. The zero-order valence-corrected chi connectivity index (χ0v) is 5.76. The molecule has 1 heterocycles. The third-order valence-corrected chi connectivity index (χ3v) is 1.06. The zero-order valence-electron chi connectivity index (χ0n) is 5.76. The van der Waals surface area contributed by atoms with Crippen LogP contribution in [0.15, 0.2) is 6.20 Å². The molecule has 3 N–H and O–H groups in total. The molecule has 1 aromatic heterocycles. The first kappa shape index (κ1) is 7.17. The molecule has 0 atom stereocenters. The fraction of sp³-hybridized carbons (Fsp3) is 0.143. The van der Waals surface area contributed by atoms with Gasteiger partial charge in [-0.1, -0.05) is 11.8 Å². The third kappa shape index (κ3) is 1.74. The fourth-order valence-electron chi connectivity index (χ4n) is 0.575. The Bertz CT molecular complexity index is 333. The maximum absolute atomic E-state index is 8.16. The molecule has 0 fully saturated rings. The highest BCUT2D eigenvalue weighted by Gasteiger charge is 1.93. The molecule has 0 aliphatic heterocycles. The van der Waals surface area contributed by atoms with Crippen molar-refractivity contribution in [2.24, 2.45) is 0 Å². The van der Waals surface area contributed by atoms with Crippen LogP contribution in [0.2, 0.25) is 0 Å². The van der Waals surface area contributed by atoms with Gasteiger partial charge < -0.3 is 5.73 Å². The molecule has 1 rings (SSSR count). The zero-order chi connectivity index (χ0) is 8.10. The summed E-state index contributed by atoms with van der Waals surface area (Å²) < 4.78 is 0. The molecule has 0 saturated carbocycles. The molecule has 4 heteroatoms. The van der Waals surface area contributed by atoms with Crippen molar-refractivity contribution >= 4 is 5.82 Å². The van der Waals surface area contributed by atoms with E-state index in [2.05, 4.69) is 22.0 Å². The van der Waals surface area contributed by atoms with E-state index >= 15 is 0 Å². The molecule has 0 spiro atoms. The highest BCUT2D eigenvalue weighted by Crippen LogP contribution is 2.02. The van der Waals surface area contributed by atoms with Gasteiger partial charge in [0.15, 0.2) is 0 Å². The van der Waals surface area contributed by atoms with Crippen molar-refractivity contribution < 1.29 is 0 Å². The summed E-state index contributed by atoms with van der Waals surface area (Å²) in [5.41, 5.74) is 6.06. The first-order valence-corrected chi connectivity index (χ1v) is 2.99. The van der Waals surface area contributed by atoms with Gasteiger partial charge in [0.05, 0.1) is 24.3 Å². The highest BCUT2D eigenvalue weighted by molar-refractivity contribution is 5.49. The molecule has 0 radical (unpaired) electrons. The van der Waals surface area contributed by atoms with Gasteiger partial charge in [-0.15, -0.1) is 0 Å². The number of nitrogen functional groups attached to an aromatic ring is 1. The van der Waals surface area contributed by atoms with Gasteiger partial charge in [-0.2, -0.15) is 10.4 Å². The van der Waals surface area contributed by atoms with E-state index in [0.29, 0.717) is 11.4 Å². The number of aromatic nitrogens is 2. The molecule has 0 bridgehead atoms. The Labute approximate surface area is 64.0 Å². The van der Waals surface area contributed by atoms with Crippen molar-refractivity contribution in [1.29, 1.82) is 5.26 Å². The van der Waals surface area contributed by atoms with Crippen LogP contribution in [0.5, 0.6) is 0 Å². The normalized spacial score (nSPS) is 7.91. The maximum atomic E-state index is 8.16. The first-order valence-electron chi connectivity index (χ1n) is 2.99. The highest BCUT2D eigenvalue weighted by atomic mass is 15.1. The summed E-state index contributed by atoms with van der Waals surface area (Å²) in [6, 6.07) is 1.90. The lowest BCUT2D eigenvalue weighted by Crippen LogP contribution is -1.86. The number of nitriles is 1. The number of H-pyrrole nitrogens is 1. The second-order valence-electron chi connectivity index (χ2n) is 1.83. The third-order valence-electron chi connectivity index (χ3n) is 1.06. The minimum absolute atomic E-state index is 0.213. The number of hydrogen-bond acceptors (Lipinski definition) is 3. The van der Waals surface area contributed by atoms with Gasteiger partial charge in [-0.25, -0.2) is 0 Å². The van der Waals surface area contributed by atoms with Crippen LogP contribution in [-0.4, -0.2) is 10.2 Å². The van der Waals surface area contributed by atoms with E-state index in [1.165, 1.54) is 6.20 Å². The van der Waals surface area contributed by atoms with Crippen molar-refractivity contribution in [2.75, 3.05) is 5.73 Å². The Morgan fingerprint density at radius 1 is 1.73 bits per heavy atom. The van der Waals surface area contributed by atoms with Crippen molar-refractivity contribution in [2.45, 2.75) is 6.42 Å². The summed E-state index contributed by atoms with van der Waals surface area (Å²) in [6.45, 7) is 0. The second-order valence-corrected chi connectivity index (χ2v) is 1.83. The molecule has 0 aliphatic rings. The van der Waals surface area contributed by atoms with Gasteiger partial charge in [0, 0.05) is 0 Å². The number of nitrogens with zero attached hydrogens (tertiary/aromatic N) is 2. The molecule has 1 aromatic rings. The fourth-order valence-corrected chi connectivity index (χ4v) is 0.575. The second kappa shape index (κ2) is 3.28. The van der Waals surface area contributed by atoms with Gasteiger partial charge in [0.2, 0.25) is 0 Å². The lowest BCUT2D eigenvalue weighted by molar-refractivity contribution is 1.10. The standard InChI is InChI=1S/C7H6N4/c8-4-2-1-3-6-5-10-11-7(6)9/h5H,2H2,(H3,9,10,11). The monoisotopic (exact) mass is 146 g/mol. The maximum Gasteiger partial charge on any atom is 0.134 e. The molecule has 54 valence electrons. The van der Waals surface area contributed by atoms with Gasteiger partial charge in [0.1, 0.15) is 5.82 Å². The molecule has 0 unspecified atom stereocenters. The Morgan fingerprint density at radius 2 is 2.55 bits per heavy atom. The van der Waals surface area contributed by atoms with Crippen LogP contribution in [0.25, 0.3) is 0 Å². The van der Waals surface area contributed by atoms with E-state index in [0.717, 1.165) is 0 Å². The number of aromatic amines is 1. The minimum Gasteiger partial charge on any atom is -0.383 e. The van der Waals surface area contributed by atoms with Crippen molar-refractivity contribution in [3.63, 3.8) is 0 Å². The first-order chi connectivity index (χ1) is 5.34. The molecule has 0 saturated heterocycles. The van der Waals surface area contributed by atoms with E-state index in [1.807, 2.05) is 6.07 Å². The molecule has 11 heavy (non-hydrogen) atoms. The van der Waals surface area contributed by atoms with Crippen LogP contribution in [0, 0.1) is 23.2 Å². The van der Waals surface area contributed by atoms with Crippen LogP contribution in [0.4, 0.5) is 5.82 Å². The smallest absolute Gasteiger partial charge is 0.134 e. The van der Waals surface area contributed by atoms with Crippen LogP contribution in [0.1, 0.15) is 12.0 Å². The van der Waals surface area contributed by atoms with Gasteiger partial charge in [-0.05, 0) is 0 Å². The average molecular weight is 146 g/mol. The predicted molar refractivity (Wildman–Crippen MR) is 40.1 cm³/mol. The molecular weight excluding hydrogens is 140 g/mol. The molecule has 0 aliphatic carbocycles. The van der Waals surface area contributed by atoms with Crippen LogP contribution in [-0.2, 0) is 0 Å². The minimum atomic E-state index is 0.213. The summed E-state index contributed by atoms with van der Waals surface area (Å²) in [6.07, 6.45) is 1.74. The van der Waals surface area contributed by atoms with E-state index in [1.54, 1.807) is 0 Å². The summed E-state index contributed by atoms with van der Waals surface area (Å²) >= 11 is 0. The molecular formula is C7H6N4. The SMILES string of the molecule is N#CCC#Cc1cn[nH]c1N. The van der Waals surface area contributed by atoms with Crippen molar-refractivity contribution in [1.82, 2.24) is 10.2 Å². The molecule has 0 aromatic carbocycles. The number of anilines is 1. The summed E-state index contributed by atoms with van der Waals surface area (Å²) in [5.74, 6) is 5.77. The van der Waals surface area contributed by atoms with Crippen LogP contribution < -0.4 is 5.73 Å². The van der Waals surface area contributed by atoms with Gasteiger partial charge in [0.25, 0.3) is 0 Å². The van der Waals surface area contributed by atoms with E-state index in [4.69, 9.17) is 11.0 Å². The van der Waals surface area contributed by atoms with Crippen molar-refractivity contribution in [3.8, 4) is 17.9 Å². The number of rotatable bonds is 0. The van der Waals surface area contributed by atoms with Gasteiger partial charge >= 0.3 is 0 Å². The van der Waals surface area contributed by atoms with Crippen LogP contribution >= 0.6 is 0 Å². The largest absolute Gasteiger partial charge is 0.383 e. The number of nitrogens with two attached hydrogens (primary N) is 1. The topological polar surface area (TPSA) is 78.5 Å². The Morgan fingerprint density at radius 3 is 3.09 bits per heavy atom. The summed E-state index contributed by atoms with van der Waals surface area (Å²) in [4.78, 5) is 0. The molecule has 4 nitrogen and oxygen atoms in total. The van der Waals surface area contributed by atoms with Crippen LogP contribution in [0.3, 0.4) is 0 Å². The molecule has 0 amide bonds. The van der Waals surface area contributed by atoms with E-state index in [-0.39, 0.29) is 6.42 Å². The lowest BCUT2D eigenvalue weighted by Gasteiger charge is -1.81. The lowest BCUT2D eigenvalue weighted by atomic mass is 10.3. The number of hydrogen-bond donors (Lipinski definition) is 2.